The second-order valence-electron chi connectivity index (χ2n) is 23.9. The first-order chi connectivity index (χ1) is 45.8. The van der Waals surface area contributed by atoms with E-state index in [1.807, 2.05) is 72.6 Å². The molecular formula is C66H75F7N16O6. The first-order valence-corrected chi connectivity index (χ1v) is 31.6. The molecule has 10 heterocycles. The number of benzene rings is 2. The van der Waals surface area contributed by atoms with Gasteiger partial charge in [-0.3, -0.25) is 0 Å². The molecule has 1 N–H and O–H groups in total. The number of alkyl halides is 6. The Morgan fingerprint density at radius 1 is 0.568 bits per heavy atom. The van der Waals surface area contributed by atoms with Gasteiger partial charge < -0.3 is 58.6 Å². The van der Waals surface area contributed by atoms with Crippen molar-refractivity contribution in [2.45, 2.75) is 114 Å². The number of rotatable bonds is 15. The van der Waals surface area contributed by atoms with E-state index in [1.165, 1.54) is 18.7 Å². The van der Waals surface area contributed by atoms with Crippen molar-refractivity contribution >= 4 is 29.6 Å². The number of halogens is 7. The quantitative estimate of drug-likeness (QED) is 0.0745. The van der Waals surface area contributed by atoms with Crippen molar-refractivity contribution in [3.05, 3.63) is 148 Å². The molecule has 0 bridgehead atoms. The molecule has 4 fully saturated rings. The number of nitriles is 2. The van der Waals surface area contributed by atoms with Gasteiger partial charge in [-0.15, -0.1) is 0 Å². The molecular weight excluding hydrogens is 1250 g/mol. The summed E-state index contributed by atoms with van der Waals surface area (Å²) in [5, 5.41) is 22.5. The van der Waals surface area contributed by atoms with E-state index >= 15 is 0 Å². The number of likely N-dealkylation sites (tertiary alicyclic amines) is 2. The summed E-state index contributed by atoms with van der Waals surface area (Å²) in [6, 6.07) is 27.8. The molecule has 6 aromatic rings. The van der Waals surface area contributed by atoms with Crippen LogP contribution >= 0.6 is 0 Å². The van der Waals surface area contributed by atoms with Crippen LogP contribution in [0.15, 0.2) is 97.3 Å². The summed E-state index contributed by atoms with van der Waals surface area (Å²) < 4.78 is 113. The standard InChI is InChI=1S/C33H37F3N8O3.C27H35N7O3.C6H3F4N/c1-41-15-6-9-25(41)22-46-31-39-28-20-42(30-27(33(34,35)36)10-5-14-38-30)16-12-26(28)29(40-31)43-17-18-44(24(19-43)11-13-37)32(45)47-21-23-7-3-2-4-8-23;1-32-13-5-8-22(32)19-36-26-30-24-16-29-12-10-23(24)25(31-26)33-14-15-34(21(17-33)9-11-28)27(35)37-18-20-6-3-2-4-7-20;7-5-4(6(8,9)10)2-1-3-11-5/h2-5,7-8,10,14,24-25H,6,9,11-12,15-22H2,1H3;2-4,6-7,21-22,29H,5,8-10,12-19H2,1H3;1-3H/t24?,25-;21?,22-;/m00./s1. The maximum atomic E-state index is 13.9. The number of anilines is 3. The minimum Gasteiger partial charge on any atom is -0.462 e. The summed E-state index contributed by atoms with van der Waals surface area (Å²) in [5.74, 6) is -0.152. The number of piperazine rings is 2. The number of likely N-dealkylation sites (N-methyl/N-ethyl adjacent to an activating group) is 2. The Balaban J connectivity index is 0.000000182. The molecule has 2 unspecified atom stereocenters. The van der Waals surface area contributed by atoms with E-state index in [4.69, 9.17) is 38.9 Å². The average Bonchev–Trinajstić information content (AvgIpc) is 1.07. The number of amides is 2. The Labute approximate surface area is 546 Å². The van der Waals surface area contributed by atoms with Crippen molar-refractivity contribution in [2.75, 3.05) is 107 Å². The molecule has 0 aliphatic carbocycles. The van der Waals surface area contributed by atoms with Crippen molar-refractivity contribution in [3.63, 3.8) is 0 Å². The minimum atomic E-state index is -4.65. The van der Waals surface area contributed by atoms with Crippen LogP contribution in [-0.2, 0) is 61.0 Å². The van der Waals surface area contributed by atoms with Crippen molar-refractivity contribution < 1.29 is 59.3 Å². The molecule has 0 spiro atoms. The van der Waals surface area contributed by atoms with E-state index in [1.54, 1.807) is 14.7 Å². The highest BCUT2D eigenvalue weighted by Crippen LogP contribution is 2.39. The molecule has 6 aliphatic rings. The van der Waals surface area contributed by atoms with E-state index in [0.29, 0.717) is 95.1 Å². The minimum absolute atomic E-state index is 0.0925. The number of carbonyl (C=O) groups excluding carboxylic acids is 2. The van der Waals surface area contributed by atoms with Gasteiger partial charge in [0, 0.05) is 88.0 Å². The predicted molar refractivity (Wildman–Crippen MR) is 334 cm³/mol. The number of carbonyl (C=O) groups is 2. The molecule has 6 aliphatic heterocycles. The summed E-state index contributed by atoms with van der Waals surface area (Å²) in [4.78, 5) is 65.8. The van der Waals surface area contributed by atoms with Crippen LogP contribution in [0.3, 0.4) is 0 Å². The van der Waals surface area contributed by atoms with E-state index in [2.05, 4.69) is 49.2 Å². The summed E-state index contributed by atoms with van der Waals surface area (Å²) in [7, 11) is 4.17. The van der Waals surface area contributed by atoms with Gasteiger partial charge in [0.15, 0.2) is 0 Å². The summed E-state index contributed by atoms with van der Waals surface area (Å²) in [6.45, 7) is 7.88. The van der Waals surface area contributed by atoms with Gasteiger partial charge in [-0.2, -0.15) is 61.2 Å². The summed E-state index contributed by atoms with van der Waals surface area (Å²) in [5.41, 5.74) is 3.13. The van der Waals surface area contributed by atoms with Crippen LogP contribution in [0.5, 0.6) is 12.0 Å². The van der Waals surface area contributed by atoms with Crippen LogP contribution in [0.1, 0.15) is 83.3 Å². The largest absolute Gasteiger partial charge is 0.462 e. The maximum Gasteiger partial charge on any atom is 0.420 e. The molecule has 2 amide bonds. The molecule has 4 saturated heterocycles. The Morgan fingerprint density at radius 2 is 1.06 bits per heavy atom. The number of fused-ring (bicyclic) bond motifs is 2. The van der Waals surface area contributed by atoms with Crippen LogP contribution in [0.2, 0.25) is 0 Å². The Bertz CT molecular complexity index is 3640. The number of pyridine rings is 2. The highest BCUT2D eigenvalue weighted by atomic mass is 19.4. The van der Waals surface area contributed by atoms with Gasteiger partial charge in [-0.05, 0) is 108 Å². The van der Waals surface area contributed by atoms with E-state index < -0.39 is 41.6 Å². The molecule has 4 aromatic heterocycles. The lowest BCUT2D eigenvalue weighted by Gasteiger charge is -2.41. The van der Waals surface area contributed by atoms with Gasteiger partial charge in [0.1, 0.15) is 49.4 Å². The number of aromatic nitrogens is 6. The zero-order valence-corrected chi connectivity index (χ0v) is 52.8. The molecule has 0 saturated carbocycles. The molecule has 29 heteroatoms. The number of nitrogens with one attached hydrogen (secondary N) is 1. The third kappa shape index (κ3) is 17.8. The molecule has 12 rings (SSSR count). The van der Waals surface area contributed by atoms with E-state index in [0.717, 1.165) is 97.4 Å². The van der Waals surface area contributed by atoms with Crippen LogP contribution in [0, 0.1) is 28.6 Å². The second-order valence-corrected chi connectivity index (χ2v) is 23.9. The van der Waals surface area contributed by atoms with Gasteiger partial charge in [0.25, 0.3) is 0 Å². The summed E-state index contributed by atoms with van der Waals surface area (Å²) in [6.07, 6.45) is -1.88. The predicted octanol–water partition coefficient (Wildman–Crippen LogP) is 9.24. The lowest BCUT2D eigenvalue weighted by Crippen LogP contribution is -2.55. The first kappa shape index (κ1) is 68.7. The molecule has 22 nitrogen and oxygen atoms in total. The van der Waals surface area contributed by atoms with Gasteiger partial charge in [0.2, 0.25) is 5.95 Å². The average molecular weight is 1320 g/mol. The lowest BCUT2D eigenvalue weighted by molar-refractivity contribution is -0.140. The molecule has 2 aromatic carbocycles. The fraction of sp³-hybridized carbons (Fsp3) is 0.485. The highest BCUT2D eigenvalue weighted by Gasteiger charge is 2.40. The second kappa shape index (κ2) is 31.8. The Hall–Kier alpha value is -9.19. The monoisotopic (exact) mass is 1320 g/mol. The number of hydrogen-bond acceptors (Lipinski definition) is 20. The van der Waals surface area contributed by atoms with Crippen LogP contribution in [0.4, 0.5) is 57.8 Å². The van der Waals surface area contributed by atoms with E-state index in [9.17, 15) is 50.8 Å². The van der Waals surface area contributed by atoms with Crippen LogP contribution < -0.4 is 29.5 Å². The zero-order valence-electron chi connectivity index (χ0n) is 52.8. The maximum absolute atomic E-state index is 13.9. The van der Waals surface area contributed by atoms with Crippen molar-refractivity contribution in [1.82, 2.24) is 54.8 Å². The fourth-order valence-electron chi connectivity index (χ4n) is 12.5. The highest BCUT2D eigenvalue weighted by molar-refractivity contribution is 5.70. The van der Waals surface area contributed by atoms with Gasteiger partial charge >= 0.3 is 36.6 Å². The first-order valence-electron chi connectivity index (χ1n) is 31.6. The number of ether oxygens (including phenoxy) is 4. The Kier molecular flexibility index (Phi) is 23.0. The zero-order chi connectivity index (χ0) is 67.1. The molecule has 95 heavy (non-hydrogen) atoms. The van der Waals surface area contributed by atoms with Gasteiger partial charge in [-0.25, -0.2) is 19.6 Å². The molecule has 0 radical (unpaired) electrons. The topological polar surface area (TPSA) is 231 Å². The lowest BCUT2D eigenvalue weighted by atomic mass is 10.0. The van der Waals surface area contributed by atoms with Crippen molar-refractivity contribution in [2.24, 2.45) is 0 Å². The third-order valence-electron chi connectivity index (χ3n) is 17.6. The van der Waals surface area contributed by atoms with Crippen molar-refractivity contribution in [3.8, 4) is 24.2 Å². The van der Waals surface area contributed by atoms with Crippen LogP contribution in [-0.4, -0.2) is 179 Å². The number of hydrogen-bond donors (Lipinski definition) is 1. The molecule has 504 valence electrons. The summed E-state index contributed by atoms with van der Waals surface area (Å²) >= 11 is 0. The molecule has 4 atom stereocenters. The van der Waals surface area contributed by atoms with Crippen LogP contribution in [0.25, 0.3) is 0 Å². The third-order valence-corrected chi connectivity index (χ3v) is 17.6. The smallest absolute Gasteiger partial charge is 0.420 e. The Morgan fingerprint density at radius 3 is 1.54 bits per heavy atom. The van der Waals surface area contributed by atoms with E-state index in [-0.39, 0.29) is 69.2 Å². The van der Waals surface area contributed by atoms with Gasteiger partial charge in [0.05, 0.1) is 60.6 Å². The normalized spacial score (nSPS) is 19.8. The van der Waals surface area contributed by atoms with Gasteiger partial charge in [-0.1, -0.05) is 60.7 Å². The fourth-order valence-corrected chi connectivity index (χ4v) is 12.5. The number of nitrogens with zero attached hydrogens (tertiary/aromatic N) is 15. The van der Waals surface area contributed by atoms with Crippen molar-refractivity contribution in [1.29, 1.82) is 10.5 Å². The SMILES string of the molecule is CN1CCC[C@H]1COc1nc2c(c(N3CCN(C(=O)OCc4ccccc4)C(CC#N)C3)n1)CCN(c1ncccc1C(F)(F)F)C2.CN1CCC[C@H]1COc1nc2c(c(N3CCN(C(=O)OCc4ccccc4)C(CC#N)C3)n1)CCNC2.Fc1ncccc1C(F)(F)F.